The van der Waals surface area contributed by atoms with Gasteiger partial charge in [0.2, 0.25) is 5.82 Å². The molecule has 2 heterocycles. The second kappa shape index (κ2) is 6.61. The van der Waals surface area contributed by atoms with Gasteiger partial charge in [-0.3, -0.25) is 14.6 Å². The maximum Gasteiger partial charge on any atom is 0.342 e. The third kappa shape index (κ3) is 4.11. The molecular formula is C11H12N6O3S. The summed E-state index contributed by atoms with van der Waals surface area (Å²) in [6.07, 6.45) is 1.51. The highest BCUT2D eigenvalue weighted by atomic mass is 32.1. The predicted molar refractivity (Wildman–Crippen MR) is 78.6 cm³/mol. The van der Waals surface area contributed by atoms with Crippen molar-refractivity contribution in [3.05, 3.63) is 43.2 Å². The van der Waals surface area contributed by atoms with E-state index in [-0.39, 0.29) is 5.82 Å². The minimum atomic E-state index is -0.759. The molecule has 0 saturated carbocycles. The van der Waals surface area contributed by atoms with Crippen molar-refractivity contribution < 1.29 is 4.79 Å². The van der Waals surface area contributed by atoms with Crippen molar-refractivity contribution >= 4 is 29.3 Å². The van der Waals surface area contributed by atoms with E-state index in [2.05, 4.69) is 26.0 Å². The van der Waals surface area contributed by atoms with Crippen LogP contribution in [0.5, 0.6) is 0 Å². The number of aromatic amines is 2. The van der Waals surface area contributed by atoms with Gasteiger partial charge >= 0.3 is 5.69 Å². The van der Waals surface area contributed by atoms with Gasteiger partial charge in [-0.2, -0.15) is 5.10 Å². The van der Waals surface area contributed by atoms with Gasteiger partial charge in [0.15, 0.2) is 0 Å². The first-order valence-electron chi connectivity index (χ1n) is 5.88. The summed E-state index contributed by atoms with van der Waals surface area (Å²) in [4.78, 5) is 36.9. The number of rotatable bonds is 5. The fourth-order valence-corrected chi connectivity index (χ4v) is 1.92. The fourth-order valence-electron chi connectivity index (χ4n) is 1.34. The molecule has 0 aliphatic rings. The van der Waals surface area contributed by atoms with Gasteiger partial charge in [-0.05, 0) is 18.4 Å². The first-order chi connectivity index (χ1) is 10.1. The lowest BCUT2D eigenvalue weighted by Crippen LogP contribution is -2.38. The Morgan fingerprint density at radius 1 is 1.52 bits per heavy atom. The lowest BCUT2D eigenvalue weighted by Gasteiger charge is -2.10. The van der Waals surface area contributed by atoms with Crippen LogP contribution in [0.3, 0.4) is 0 Å². The molecule has 9 nitrogen and oxygen atoms in total. The van der Waals surface area contributed by atoms with Gasteiger partial charge < -0.3 is 5.32 Å². The Morgan fingerprint density at radius 2 is 2.33 bits per heavy atom. The number of nitrogens with one attached hydrogen (secondary N) is 4. The number of anilines is 1. The first-order valence-corrected chi connectivity index (χ1v) is 6.76. The summed E-state index contributed by atoms with van der Waals surface area (Å²) in [5.74, 6) is -0.602. The van der Waals surface area contributed by atoms with Crippen molar-refractivity contribution in [3.8, 4) is 0 Å². The van der Waals surface area contributed by atoms with Crippen molar-refractivity contribution in [2.24, 2.45) is 5.10 Å². The molecule has 0 saturated heterocycles. The van der Waals surface area contributed by atoms with Crippen LogP contribution in [0.2, 0.25) is 0 Å². The van der Waals surface area contributed by atoms with Crippen LogP contribution in [-0.2, 0) is 4.79 Å². The zero-order chi connectivity index (χ0) is 15.2. The number of H-pyrrole nitrogens is 2. The largest absolute Gasteiger partial charge is 0.353 e. The van der Waals surface area contributed by atoms with Crippen molar-refractivity contribution in [1.29, 1.82) is 0 Å². The summed E-state index contributed by atoms with van der Waals surface area (Å²) < 4.78 is 0. The second-order valence-corrected chi connectivity index (χ2v) is 4.95. The number of nitrogens with zero attached hydrogens (tertiary/aromatic N) is 2. The average molecular weight is 308 g/mol. The summed E-state index contributed by atoms with van der Waals surface area (Å²) in [5.41, 5.74) is 0.907. The number of thiophene rings is 1. The molecule has 2 aromatic heterocycles. The van der Waals surface area contributed by atoms with Gasteiger partial charge in [0.05, 0.1) is 6.21 Å². The summed E-state index contributed by atoms with van der Waals surface area (Å²) in [6.45, 7) is 1.53. The molecule has 0 radical (unpaired) electrons. The number of hydrogen-bond acceptors (Lipinski definition) is 7. The van der Waals surface area contributed by atoms with E-state index in [1.54, 1.807) is 0 Å². The fraction of sp³-hybridized carbons (Fsp3) is 0.182. The highest BCUT2D eigenvalue weighted by Gasteiger charge is 2.14. The number of amides is 1. The average Bonchev–Trinajstić information content (AvgIpc) is 2.95. The quantitative estimate of drug-likeness (QED) is 0.435. The van der Waals surface area contributed by atoms with E-state index >= 15 is 0 Å². The van der Waals surface area contributed by atoms with Gasteiger partial charge in [0.25, 0.3) is 11.5 Å². The van der Waals surface area contributed by atoms with E-state index in [0.29, 0.717) is 0 Å². The van der Waals surface area contributed by atoms with E-state index < -0.39 is 23.2 Å². The highest BCUT2D eigenvalue weighted by Crippen LogP contribution is 2.04. The SMILES string of the molecule is C[C@H](Nc1n[nH]c(=O)[nH]c1=O)C(=O)N/N=C\c1cccs1. The monoisotopic (exact) mass is 308 g/mol. The molecule has 21 heavy (non-hydrogen) atoms. The maximum absolute atomic E-state index is 11.8. The first kappa shape index (κ1) is 14.7. The molecule has 1 atom stereocenters. The zero-order valence-electron chi connectivity index (χ0n) is 10.9. The minimum Gasteiger partial charge on any atom is -0.353 e. The van der Waals surface area contributed by atoms with Gasteiger partial charge in [0.1, 0.15) is 6.04 Å². The number of carbonyl (C=O) groups excluding carboxylic acids is 1. The van der Waals surface area contributed by atoms with Gasteiger partial charge in [-0.1, -0.05) is 6.07 Å². The molecule has 1 amide bonds. The van der Waals surface area contributed by atoms with E-state index in [1.165, 1.54) is 24.5 Å². The van der Waals surface area contributed by atoms with E-state index in [0.717, 1.165) is 4.88 Å². The topological polar surface area (TPSA) is 132 Å². The Labute approximate surface area is 122 Å². The van der Waals surface area contributed by atoms with E-state index in [4.69, 9.17) is 0 Å². The molecule has 110 valence electrons. The Morgan fingerprint density at radius 3 is 3.00 bits per heavy atom. The third-order valence-corrected chi connectivity index (χ3v) is 3.17. The van der Waals surface area contributed by atoms with Crippen LogP contribution in [0.15, 0.2) is 32.2 Å². The molecule has 2 rings (SSSR count). The molecule has 2 aromatic rings. The minimum absolute atomic E-state index is 0.153. The predicted octanol–water partition coefficient (Wildman–Crippen LogP) is -0.530. The highest BCUT2D eigenvalue weighted by molar-refractivity contribution is 7.11. The zero-order valence-corrected chi connectivity index (χ0v) is 11.7. The normalized spacial score (nSPS) is 12.2. The van der Waals surface area contributed by atoms with Crippen molar-refractivity contribution in [1.82, 2.24) is 20.6 Å². The van der Waals surface area contributed by atoms with Crippen LogP contribution >= 0.6 is 11.3 Å². The van der Waals surface area contributed by atoms with Gasteiger partial charge in [0, 0.05) is 4.88 Å². The van der Waals surface area contributed by atoms with Crippen molar-refractivity contribution in [3.63, 3.8) is 0 Å². The molecule has 0 aliphatic carbocycles. The van der Waals surface area contributed by atoms with Gasteiger partial charge in [-0.15, -0.1) is 16.4 Å². The van der Waals surface area contributed by atoms with Crippen LogP contribution in [-0.4, -0.2) is 33.3 Å². The lowest BCUT2D eigenvalue weighted by molar-refractivity contribution is -0.121. The molecule has 0 spiro atoms. The molecule has 10 heteroatoms. The molecule has 4 N–H and O–H groups in total. The smallest absolute Gasteiger partial charge is 0.342 e. The molecule has 0 bridgehead atoms. The van der Waals surface area contributed by atoms with E-state index in [9.17, 15) is 14.4 Å². The van der Waals surface area contributed by atoms with Crippen LogP contribution in [0.25, 0.3) is 0 Å². The Hall–Kier alpha value is -2.75. The van der Waals surface area contributed by atoms with Crippen LogP contribution in [0, 0.1) is 0 Å². The number of hydrogen-bond donors (Lipinski definition) is 4. The van der Waals surface area contributed by atoms with Crippen LogP contribution < -0.4 is 22.0 Å². The molecule has 0 aliphatic heterocycles. The van der Waals surface area contributed by atoms with Crippen molar-refractivity contribution in [2.45, 2.75) is 13.0 Å². The molecule has 0 fully saturated rings. The molecule has 0 unspecified atom stereocenters. The summed E-state index contributed by atoms with van der Waals surface area (Å²) in [6, 6.07) is 2.96. The van der Waals surface area contributed by atoms with E-state index in [1.807, 2.05) is 22.5 Å². The van der Waals surface area contributed by atoms with Crippen molar-refractivity contribution in [2.75, 3.05) is 5.32 Å². The standard InChI is InChI=1S/C11H12N6O3S/c1-6(13-8-10(19)14-11(20)17-15-8)9(18)16-12-5-7-3-2-4-21-7/h2-6H,1H3,(H,13,15)(H,16,18)(H2,14,17,19,20)/b12-5-/t6-/m0/s1. The second-order valence-electron chi connectivity index (χ2n) is 3.97. The third-order valence-electron chi connectivity index (χ3n) is 2.37. The summed E-state index contributed by atoms with van der Waals surface area (Å²) >= 11 is 1.48. The Balaban J connectivity index is 1.93. The lowest BCUT2D eigenvalue weighted by atomic mass is 10.3. The Bertz CT molecular complexity index is 748. The molecular weight excluding hydrogens is 296 g/mol. The van der Waals surface area contributed by atoms with Gasteiger partial charge in [-0.25, -0.2) is 15.3 Å². The number of carbonyl (C=O) groups is 1. The number of hydrazone groups is 1. The molecule has 0 aromatic carbocycles. The summed E-state index contributed by atoms with van der Waals surface area (Å²) in [7, 11) is 0. The Kier molecular flexibility index (Phi) is 4.61. The number of aromatic nitrogens is 3. The summed E-state index contributed by atoms with van der Waals surface area (Å²) in [5, 5.41) is 13.8. The van der Waals surface area contributed by atoms with Crippen LogP contribution in [0.4, 0.5) is 5.82 Å². The maximum atomic E-state index is 11.8. The van der Waals surface area contributed by atoms with Crippen LogP contribution in [0.1, 0.15) is 11.8 Å².